The first-order chi connectivity index (χ1) is 7.20. The van der Waals surface area contributed by atoms with E-state index >= 15 is 0 Å². The number of halogens is 2. The summed E-state index contributed by atoms with van der Waals surface area (Å²) >= 11 is 6.77. The smallest absolute Gasteiger partial charge is 0.161 e. The largest absolute Gasteiger partial charge is 0.297 e. The average molecular weight is 242 g/mol. The maximum absolute atomic E-state index is 13.4. The molecule has 0 saturated carbocycles. The fourth-order valence-electron chi connectivity index (χ4n) is 1.13. The van der Waals surface area contributed by atoms with Gasteiger partial charge >= 0.3 is 0 Å². The molecule has 2 nitrogen and oxygen atoms in total. The molecule has 2 rings (SSSR count). The Labute approximate surface area is 94.3 Å². The summed E-state index contributed by atoms with van der Waals surface area (Å²) in [4.78, 5) is 14.9. The molecule has 0 radical (unpaired) electrons. The van der Waals surface area contributed by atoms with Gasteiger partial charge in [0.15, 0.2) is 6.29 Å². The molecule has 0 aliphatic rings. The van der Waals surface area contributed by atoms with Crippen molar-refractivity contribution in [1.29, 1.82) is 0 Å². The molecule has 0 aliphatic carbocycles. The standard InChI is InChI=1S/C10H5ClFNOS/c11-6-1-2-8(9(12)3-6)10-13-4-7(5-14)15-10/h1-5H. The third-order valence-electron chi connectivity index (χ3n) is 1.80. The van der Waals surface area contributed by atoms with Gasteiger partial charge in [0.2, 0.25) is 0 Å². The Morgan fingerprint density at radius 3 is 2.87 bits per heavy atom. The molecule has 15 heavy (non-hydrogen) atoms. The third kappa shape index (κ3) is 2.06. The predicted molar refractivity (Wildman–Crippen MR) is 57.9 cm³/mol. The van der Waals surface area contributed by atoms with Gasteiger partial charge in [0, 0.05) is 16.8 Å². The van der Waals surface area contributed by atoms with Gasteiger partial charge in [0.1, 0.15) is 10.8 Å². The quantitative estimate of drug-likeness (QED) is 0.754. The molecule has 0 unspecified atom stereocenters. The summed E-state index contributed by atoms with van der Waals surface area (Å²) in [5.41, 5.74) is 0.359. The van der Waals surface area contributed by atoms with Crippen molar-refractivity contribution in [2.45, 2.75) is 0 Å². The summed E-state index contributed by atoms with van der Waals surface area (Å²) in [5, 5.41) is 0.815. The summed E-state index contributed by atoms with van der Waals surface area (Å²) < 4.78 is 13.4. The number of thiazole rings is 1. The Morgan fingerprint density at radius 2 is 2.27 bits per heavy atom. The maximum Gasteiger partial charge on any atom is 0.161 e. The zero-order valence-electron chi connectivity index (χ0n) is 7.41. The van der Waals surface area contributed by atoms with Crippen molar-refractivity contribution in [3.63, 3.8) is 0 Å². The molecule has 5 heteroatoms. The second-order valence-corrected chi connectivity index (χ2v) is 4.31. The van der Waals surface area contributed by atoms with E-state index in [2.05, 4.69) is 4.98 Å². The molecule has 0 aliphatic heterocycles. The molecule has 0 atom stereocenters. The van der Waals surface area contributed by atoms with E-state index in [9.17, 15) is 9.18 Å². The normalized spacial score (nSPS) is 10.3. The SMILES string of the molecule is O=Cc1cnc(-c2ccc(Cl)cc2F)s1. The average Bonchev–Trinajstić information content (AvgIpc) is 2.66. The number of aromatic nitrogens is 1. The van der Waals surface area contributed by atoms with Crippen LogP contribution < -0.4 is 0 Å². The fraction of sp³-hybridized carbons (Fsp3) is 0. The highest BCUT2D eigenvalue weighted by Gasteiger charge is 2.09. The van der Waals surface area contributed by atoms with E-state index in [0.717, 1.165) is 11.3 Å². The fourth-order valence-corrected chi connectivity index (χ4v) is 2.04. The lowest BCUT2D eigenvalue weighted by atomic mass is 10.2. The Balaban J connectivity index is 2.49. The maximum atomic E-state index is 13.4. The van der Waals surface area contributed by atoms with Crippen molar-refractivity contribution < 1.29 is 9.18 Å². The number of carbonyl (C=O) groups excluding carboxylic acids is 1. The van der Waals surface area contributed by atoms with Gasteiger partial charge in [-0.1, -0.05) is 11.6 Å². The number of benzene rings is 1. The second kappa shape index (κ2) is 4.08. The number of rotatable bonds is 2. The van der Waals surface area contributed by atoms with Crippen LogP contribution in [-0.2, 0) is 0 Å². The Bertz CT molecular complexity index is 512. The molecule has 0 amide bonds. The van der Waals surface area contributed by atoms with Crippen LogP contribution in [0.1, 0.15) is 9.67 Å². The molecule has 0 bridgehead atoms. The van der Waals surface area contributed by atoms with E-state index < -0.39 is 5.82 Å². The lowest BCUT2D eigenvalue weighted by molar-refractivity contribution is 0.112. The second-order valence-electron chi connectivity index (χ2n) is 2.81. The molecule has 76 valence electrons. The van der Waals surface area contributed by atoms with Gasteiger partial charge in [-0.05, 0) is 18.2 Å². The molecular formula is C10H5ClFNOS. The highest BCUT2D eigenvalue weighted by atomic mass is 35.5. The highest BCUT2D eigenvalue weighted by Crippen LogP contribution is 2.28. The van der Waals surface area contributed by atoms with Gasteiger partial charge in [0.05, 0.1) is 4.88 Å². The molecule has 1 aromatic carbocycles. The molecule has 1 aromatic heterocycles. The number of hydrogen-bond donors (Lipinski definition) is 0. The van der Waals surface area contributed by atoms with Gasteiger partial charge in [-0.3, -0.25) is 4.79 Å². The van der Waals surface area contributed by atoms with Crippen LogP contribution >= 0.6 is 22.9 Å². The number of nitrogens with zero attached hydrogens (tertiary/aromatic N) is 1. The molecular weight excluding hydrogens is 237 g/mol. The van der Waals surface area contributed by atoms with Crippen LogP contribution in [-0.4, -0.2) is 11.3 Å². The van der Waals surface area contributed by atoms with E-state index in [4.69, 9.17) is 11.6 Å². The number of aldehydes is 1. The summed E-state index contributed by atoms with van der Waals surface area (Å²) in [6, 6.07) is 4.35. The van der Waals surface area contributed by atoms with Gasteiger partial charge in [0.25, 0.3) is 0 Å². The third-order valence-corrected chi connectivity index (χ3v) is 2.99. The van der Waals surface area contributed by atoms with Crippen LogP contribution in [0.15, 0.2) is 24.4 Å². The number of carbonyl (C=O) groups is 1. The Kier molecular flexibility index (Phi) is 2.79. The van der Waals surface area contributed by atoms with E-state index in [-0.39, 0.29) is 0 Å². The van der Waals surface area contributed by atoms with Crippen molar-refractivity contribution in [1.82, 2.24) is 4.98 Å². The summed E-state index contributed by atoms with van der Waals surface area (Å²) in [6.07, 6.45) is 2.11. The topological polar surface area (TPSA) is 30.0 Å². The first-order valence-corrected chi connectivity index (χ1v) is 5.26. The zero-order chi connectivity index (χ0) is 10.8. The molecule has 0 saturated heterocycles. The molecule has 2 aromatic rings. The van der Waals surface area contributed by atoms with Crippen molar-refractivity contribution in [2.75, 3.05) is 0 Å². The zero-order valence-corrected chi connectivity index (χ0v) is 8.98. The van der Waals surface area contributed by atoms with Crippen molar-refractivity contribution in [3.8, 4) is 10.6 Å². The predicted octanol–water partition coefficient (Wildman–Crippen LogP) is 3.42. The molecule has 0 fully saturated rings. The van der Waals surface area contributed by atoms with E-state index in [1.54, 1.807) is 12.1 Å². The minimum absolute atomic E-state index is 0.336. The lowest BCUT2D eigenvalue weighted by Crippen LogP contribution is -1.82. The van der Waals surface area contributed by atoms with E-state index in [1.165, 1.54) is 12.3 Å². The van der Waals surface area contributed by atoms with E-state index in [0.29, 0.717) is 26.8 Å². The molecule has 0 spiro atoms. The monoisotopic (exact) mass is 241 g/mol. The molecule has 0 N–H and O–H groups in total. The Morgan fingerprint density at radius 1 is 1.47 bits per heavy atom. The first kappa shape index (κ1) is 10.3. The minimum atomic E-state index is -0.436. The van der Waals surface area contributed by atoms with Crippen molar-refractivity contribution >= 4 is 29.2 Å². The summed E-state index contributed by atoms with van der Waals surface area (Å²) in [7, 11) is 0. The van der Waals surface area contributed by atoms with Crippen LogP contribution in [0.2, 0.25) is 5.02 Å². The summed E-state index contributed by atoms with van der Waals surface area (Å²) in [6.45, 7) is 0. The number of hydrogen-bond acceptors (Lipinski definition) is 3. The van der Waals surface area contributed by atoms with Gasteiger partial charge in [-0.25, -0.2) is 9.37 Å². The van der Waals surface area contributed by atoms with Crippen LogP contribution in [0.4, 0.5) is 4.39 Å². The van der Waals surface area contributed by atoms with Gasteiger partial charge in [-0.15, -0.1) is 11.3 Å². The first-order valence-electron chi connectivity index (χ1n) is 4.07. The lowest BCUT2D eigenvalue weighted by Gasteiger charge is -1.98. The van der Waals surface area contributed by atoms with Crippen LogP contribution in [0.5, 0.6) is 0 Å². The van der Waals surface area contributed by atoms with E-state index in [1.807, 2.05) is 0 Å². The highest BCUT2D eigenvalue weighted by molar-refractivity contribution is 7.16. The summed E-state index contributed by atoms with van der Waals surface area (Å²) in [5.74, 6) is -0.436. The van der Waals surface area contributed by atoms with Crippen LogP contribution in [0.3, 0.4) is 0 Å². The van der Waals surface area contributed by atoms with Gasteiger partial charge in [-0.2, -0.15) is 0 Å². The van der Waals surface area contributed by atoms with Crippen molar-refractivity contribution in [3.05, 3.63) is 40.1 Å². The van der Waals surface area contributed by atoms with Crippen LogP contribution in [0, 0.1) is 5.82 Å². The van der Waals surface area contributed by atoms with Crippen molar-refractivity contribution in [2.24, 2.45) is 0 Å². The minimum Gasteiger partial charge on any atom is -0.297 e. The molecule has 1 heterocycles. The Hall–Kier alpha value is -1.26. The van der Waals surface area contributed by atoms with Gasteiger partial charge < -0.3 is 0 Å². The van der Waals surface area contributed by atoms with Crippen LogP contribution in [0.25, 0.3) is 10.6 Å².